The summed E-state index contributed by atoms with van der Waals surface area (Å²) in [6.45, 7) is 7.05. The van der Waals surface area contributed by atoms with Gasteiger partial charge in [-0.05, 0) is 44.8 Å². The van der Waals surface area contributed by atoms with Gasteiger partial charge in [0.1, 0.15) is 5.75 Å². The Bertz CT molecular complexity index is 687. The number of rotatable bonds is 5. The van der Waals surface area contributed by atoms with Crippen LogP contribution in [0.4, 0.5) is 0 Å². The summed E-state index contributed by atoms with van der Waals surface area (Å²) in [4.78, 5) is 9.59. The number of ether oxygens (including phenoxy) is 2. The number of guanidine groups is 1. The number of nitrogens with one attached hydrogen (secondary N) is 1. The van der Waals surface area contributed by atoms with Crippen LogP contribution in [0.15, 0.2) is 29.3 Å². The first-order valence-corrected chi connectivity index (χ1v) is 10.6. The molecule has 6 nitrogen and oxygen atoms in total. The minimum atomic E-state index is 0. The van der Waals surface area contributed by atoms with Crippen LogP contribution in [-0.4, -0.2) is 75.9 Å². The zero-order valence-corrected chi connectivity index (χ0v) is 20.1. The van der Waals surface area contributed by atoms with Gasteiger partial charge in [-0.2, -0.15) is 0 Å². The van der Waals surface area contributed by atoms with E-state index in [-0.39, 0.29) is 24.0 Å². The van der Waals surface area contributed by atoms with Gasteiger partial charge in [0.15, 0.2) is 5.96 Å². The van der Waals surface area contributed by atoms with Gasteiger partial charge >= 0.3 is 0 Å². The SMILES string of the molecule is CN=C(NCC(c1ccccc1OC)N1CCCC1)N1CCC2(CCOC2)C1.I. The van der Waals surface area contributed by atoms with Crippen LogP contribution in [0, 0.1) is 5.41 Å². The average Bonchev–Trinajstić information content (AvgIpc) is 3.49. The van der Waals surface area contributed by atoms with E-state index in [2.05, 4.69) is 38.3 Å². The number of hydrogen-bond acceptors (Lipinski definition) is 4. The molecule has 7 heteroatoms. The number of likely N-dealkylation sites (tertiary alicyclic amines) is 2. The normalized spacial score (nSPS) is 26.0. The second-order valence-corrected chi connectivity index (χ2v) is 8.40. The van der Waals surface area contributed by atoms with Gasteiger partial charge in [0.05, 0.1) is 19.8 Å². The molecule has 0 bridgehead atoms. The number of para-hydroxylation sites is 1. The van der Waals surface area contributed by atoms with E-state index >= 15 is 0 Å². The number of hydrogen-bond donors (Lipinski definition) is 1. The van der Waals surface area contributed by atoms with Crippen molar-refractivity contribution in [1.82, 2.24) is 15.1 Å². The zero-order chi connectivity index (χ0) is 19.4. The van der Waals surface area contributed by atoms with E-state index in [1.165, 1.54) is 31.2 Å². The number of benzene rings is 1. The van der Waals surface area contributed by atoms with Gasteiger partial charge in [-0.15, -0.1) is 24.0 Å². The average molecular weight is 514 g/mol. The van der Waals surface area contributed by atoms with Crippen LogP contribution in [0.25, 0.3) is 0 Å². The van der Waals surface area contributed by atoms with Gasteiger partial charge in [-0.3, -0.25) is 9.89 Å². The van der Waals surface area contributed by atoms with Crippen LogP contribution in [0.2, 0.25) is 0 Å². The third-order valence-electron chi connectivity index (χ3n) is 6.67. The lowest BCUT2D eigenvalue weighted by Crippen LogP contribution is -2.45. The highest BCUT2D eigenvalue weighted by atomic mass is 127. The Labute approximate surface area is 192 Å². The quantitative estimate of drug-likeness (QED) is 0.372. The highest BCUT2D eigenvalue weighted by Crippen LogP contribution is 2.38. The maximum absolute atomic E-state index is 5.69. The molecule has 1 spiro atoms. The van der Waals surface area contributed by atoms with E-state index in [9.17, 15) is 0 Å². The van der Waals surface area contributed by atoms with Crippen LogP contribution in [0.1, 0.15) is 37.3 Å². The van der Waals surface area contributed by atoms with E-state index in [1.807, 2.05) is 13.1 Å². The molecule has 1 N–H and O–H groups in total. The molecule has 3 aliphatic heterocycles. The molecule has 3 fully saturated rings. The third kappa shape index (κ3) is 4.99. The Hall–Kier alpha value is -1.06. The molecule has 2 atom stereocenters. The molecule has 3 saturated heterocycles. The van der Waals surface area contributed by atoms with E-state index in [4.69, 9.17) is 9.47 Å². The molecule has 0 aromatic heterocycles. The standard InChI is InChI=1S/C22H34N4O2.HI/c1-23-21(26-13-9-22(16-26)10-14-28-17-22)24-15-19(25-11-5-6-12-25)18-7-3-4-8-20(18)27-2;/h3-4,7-8,19H,5-6,9-17H2,1-2H3,(H,23,24);1H. The monoisotopic (exact) mass is 514 g/mol. The molecule has 1 aromatic carbocycles. The molecule has 3 aliphatic rings. The molecule has 162 valence electrons. The largest absolute Gasteiger partial charge is 0.496 e. The lowest BCUT2D eigenvalue weighted by molar-refractivity contribution is 0.156. The Balaban J connectivity index is 0.00000240. The maximum Gasteiger partial charge on any atom is 0.193 e. The second-order valence-electron chi connectivity index (χ2n) is 8.40. The summed E-state index contributed by atoms with van der Waals surface area (Å²) in [6.07, 6.45) is 4.93. The Morgan fingerprint density at radius 1 is 1.24 bits per heavy atom. The fourth-order valence-electron chi connectivity index (χ4n) is 5.04. The number of nitrogens with zero attached hydrogens (tertiary/aromatic N) is 3. The van der Waals surface area contributed by atoms with Crippen LogP contribution in [0.5, 0.6) is 5.75 Å². The van der Waals surface area contributed by atoms with Crippen molar-refractivity contribution < 1.29 is 9.47 Å². The Kier molecular flexibility index (Phi) is 8.04. The summed E-state index contributed by atoms with van der Waals surface area (Å²) in [5.74, 6) is 1.99. The summed E-state index contributed by atoms with van der Waals surface area (Å²) < 4.78 is 11.4. The van der Waals surface area contributed by atoms with Gasteiger partial charge in [0, 0.05) is 44.3 Å². The van der Waals surface area contributed by atoms with Crippen molar-refractivity contribution in [3.05, 3.63) is 29.8 Å². The van der Waals surface area contributed by atoms with Crippen molar-refractivity contribution in [2.24, 2.45) is 10.4 Å². The van der Waals surface area contributed by atoms with E-state index < -0.39 is 0 Å². The minimum absolute atomic E-state index is 0. The highest BCUT2D eigenvalue weighted by molar-refractivity contribution is 14.0. The number of methoxy groups -OCH3 is 1. The molecule has 0 radical (unpaired) electrons. The van der Waals surface area contributed by atoms with Gasteiger partial charge in [0.25, 0.3) is 0 Å². The van der Waals surface area contributed by atoms with Crippen molar-refractivity contribution in [2.45, 2.75) is 31.7 Å². The van der Waals surface area contributed by atoms with Crippen molar-refractivity contribution in [2.75, 3.05) is 60.1 Å². The lowest BCUT2D eigenvalue weighted by Gasteiger charge is -2.31. The van der Waals surface area contributed by atoms with Crippen LogP contribution < -0.4 is 10.1 Å². The van der Waals surface area contributed by atoms with Gasteiger partial charge in [-0.25, -0.2) is 0 Å². The fourth-order valence-corrected chi connectivity index (χ4v) is 5.04. The Morgan fingerprint density at radius 3 is 2.72 bits per heavy atom. The maximum atomic E-state index is 5.69. The first kappa shape index (κ1) is 22.6. The predicted octanol–water partition coefficient (Wildman–Crippen LogP) is 3.14. The highest BCUT2D eigenvalue weighted by Gasteiger charge is 2.42. The topological polar surface area (TPSA) is 49.3 Å². The van der Waals surface area contributed by atoms with E-state index in [1.54, 1.807) is 7.11 Å². The summed E-state index contributed by atoms with van der Waals surface area (Å²) in [5, 5.41) is 3.68. The fraction of sp³-hybridized carbons (Fsp3) is 0.682. The molecular weight excluding hydrogens is 479 g/mol. The van der Waals surface area contributed by atoms with Crippen LogP contribution in [0.3, 0.4) is 0 Å². The van der Waals surface area contributed by atoms with Crippen molar-refractivity contribution in [1.29, 1.82) is 0 Å². The molecule has 1 aromatic rings. The molecule has 4 rings (SSSR count). The molecule has 3 heterocycles. The molecular formula is C22H35IN4O2. The first-order valence-electron chi connectivity index (χ1n) is 10.6. The summed E-state index contributed by atoms with van der Waals surface area (Å²) in [6, 6.07) is 8.72. The van der Waals surface area contributed by atoms with Gasteiger partial charge < -0.3 is 19.7 Å². The summed E-state index contributed by atoms with van der Waals surface area (Å²) >= 11 is 0. The second kappa shape index (κ2) is 10.3. The smallest absolute Gasteiger partial charge is 0.193 e. The molecule has 0 amide bonds. The molecule has 0 saturated carbocycles. The lowest BCUT2D eigenvalue weighted by atomic mass is 9.87. The van der Waals surface area contributed by atoms with Gasteiger partial charge in [0.2, 0.25) is 0 Å². The van der Waals surface area contributed by atoms with Crippen molar-refractivity contribution in [3.8, 4) is 5.75 Å². The Morgan fingerprint density at radius 2 is 2.03 bits per heavy atom. The molecule has 2 unspecified atom stereocenters. The van der Waals surface area contributed by atoms with Crippen LogP contribution in [-0.2, 0) is 4.74 Å². The van der Waals surface area contributed by atoms with Crippen molar-refractivity contribution in [3.63, 3.8) is 0 Å². The number of aliphatic imine (C=N–C) groups is 1. The zero-order valence-electron chi connectivity index (χ0n) is 17.7. The van der Waals surface area contributed by atoms with Crippen LogP contribution >= 0.6 is 24.0 Å². The minimum Gasteiger partial charge on any atom is -0.496 e. The van der Waals surface area contributed by atoms with E-state index in [0.29, 0.717) is 11.5 Å². The van der Waals surface area contributed by atoms with Crippen molar-refractivity contribution >= 4 is 29.9 Å². The number of halogens is 1. The predicted molar refractivity (Wildman–Crippen MR) is 127 cm³/mol. The summed E-state index contributed by atoms with van der Waals surface area (Å²) in [7, 11) is 3.66. The third-order valence-corrected chi connectivity index (χ3v) is 6.67. The van der Waals surface area contributed by atoms with Gasteiger partial charge in [-0.1, -0.05) is 18.2 Å². The molecule has 0 aliphatic carbocycles. The first-order chi connectivity index (χ1) is 13.7. The van der Waals surface area contributed by atoms with E-state index in [0.717, 1.165) is 57.6 Å². The summed E-state index contributed by atoms with van der Waals surface area (Å²) in [5.41, 5.74) is 1.60. The molecule has 29 heavy (non-hydrogen) atoms.